The number of ether oxygens (including phenoxy) is 1. The van der Waals surface area contributed by atoms with Crippen molar-refractivity contribution in [2.75, 3.05) is 11.4 Å². The average Bonchev–Trinajstić information content (AvgIpc) is 3.17. The maximum atomic E-state index is 6.19. The Morgan fingerprint density at radius 1 is 1.19 bits per heavy atom. The molecule has 0 radical (unpaired) electrons. The number of aromatic nitrogens is 4. The molecule has 0 saturated carbocycles. The van der Waals surface area contributed by atoms with E-state index in [1.54, 1.807) is 11.3 Å². The molecule has 2 saturated heterocycles. The van der Waals surface area contributed by atoms with Gasteiger partial charge in [-0.1, -0.05) is 16.5 Å². The van der Waals surface area contributed by atoms with E-state index in [0.29, 0.717) is 17.8 Å². The first-order valence-corrected chi connectivity index (χ1v) is 8.05. The summed E-state index contributed by atoms with van der Waals surface area (Å²) < 4.78 is 11.4. The van der Waals surface area contributed by atoms with Crippen molar-refractivity contribution in [3.05, 3.63) is 16.7 Å². The first-order valence-electron chi connectivity index (χ1n) is 7.23. The van der Waals surface area contributed by atoms with Crippen LogP contribution in [-0.4, -0.2) is 39.0 Å². The molecule has 2 aliphatic rings. The smallest absolute Gasteiger partial charge is 0.255 e. The number of hydrogen-bond acceptors (Lipinski definition) is 8. The molecule has 2 fully saturated rings. The second kappa shape index (κ2) is 5.03. The van der Waals surface area contributed by atoms with Crippen molar-refractivity contribution >= 4 is 16.5 Å². The van der Waals surface area contributed by atoms with E-state index in [0.717, 1.165) is 35.9 Å². The summed E-state index contributed by atoms with van der Waals surface area (Å²) in [6.45, 7) is 4.79. The van der Waals surface area contributed by atoms with Crippen molar-refractivity contribution in [2.45, 2.75) is 51.4 Å². The Bertz CT molecular complexity index is 642. The van der Waals surface area contributed by atoms with Gasteiger partial charge in [0.05, 0.1) is 12.1 Å². The second-order valence-corrected chi connectivity index (χ2v) is 6.73. The van der Waals surface area contributed by atoms with Crippen LogP contribution >= 0.6 is 11.3 Å². The van der Waals surface area contributed by atoms with Crippen LogP contribution in [-0.2, 0) is 4.74 Å². The number of fused-ring (bicyclic) bond motifs is 1. The van der Waals surface area contributed by atoms with Crippen molar-refractivity contribution in [1.82, 2.24) is 20.3 Å². The average molecular weight is 307 g/mol. The van der Waals surface area contributed by atoms with Crippen LogP contribution in [0.4, 0.5) is 5.13 Å². The summed E-state index contributed by atoms with van der Waals surface area (Å²) in [7, 11) is 0. The zero-order valence-corrected chi connectivity index (χ0v) is 12.8. The summed E-state index contributed by atoms with van der Waals surface area (Å²) in [5.41, 5.74) is 0. The molecule has 2 aromatic rings. The summed E-state index contributed by atoms with van der Waals surface area (Å²) in [6, 6.07) is 0.387. The molecule has 0 spiro atoms. The first-order chi connectivity index (χ1) is 10.2. The van der Waals surface area contributed by atoms with Gasteiger partial charge in [-0.25, -0.2) is 0 Å². The predicted octanol–water partition coefficient (Wildman–Crippen LogP) is 2.04. The lowest BCUT2D eigenvalue weighted by atomic mass is 9.99. The third-order valence-corrected chi connectivity index (χ3v) is 5.00. The molecule has 112 valence electrons. The van der Waals surface area contributed by atoms with Crippen LogP contribution in [0.2, 0.25) is 0 Å². The lowest BCUT2D eigenvalue weighted by molar-refractivity contribution is -0.0656. The quantitative estimate of drug-likeness (QED) is 0.840. The van der Waals surface area contributed by atoms with E-state index in [1.807, 2.05) is 13.8 Å². The lowest BCUT2D eigenvalue weighted by Gasteiger charge is -2.34. The normalized spacial score (nSPS) is 28.9. The highest BCUT2D eigenvalue weighted by Crippen LogP contribution is 2.40. The highest BCUT2D eigenvalue weighted by Gasteiger charge is 2.42. The Morgan fingerprint density at radius 2 is 2.10 bits per heavy atom. The molecule has 7 nitrogen and oxygen atoms in total. The van der Waals surface area contributed by atoms with Crippen molar-refractivity contribution in [2.24, 2.45) is 0 Å². The number of rotatable bonds is 2. The number of hydrogen-bond donors (Lipinski definition) is 0. The highest BCUT2D eigenvalue weighted by molar-refractivity contribution is 7.15. The van der Waals surface area contributed by atoms with Gasteiger partial charge in [0.15, 0.2) is 5.82 Å². The Labute approximate surface area is 126 Å². The molecule has 0 amide bonds. The molecule has 0 unspecified atom stereocenters. The molecule has 2 aliphatic heterocycles. The maximum Gasteiger partial charge on any atom is 0.255 e. The Morgan fingerprint density at radius 3 is 2.81 bits per heavy atom. The van der Waals surface area contributed by atoms with Gasteiger partial charge in [0.2, 0.25) is 5.13 Å². The summed E-state index contributed by atoms with van der Waals surface area (Å²) in [4.78, 5) is 6.63. The molecule has 0 aliphatic carbocycles. The molecule has 2 aromatic heterocycles. The van der Waals surface area contributed by atoms with Crippen LogP contribution in [0, 0.1) is 13.8 Å². The van der Waals surface area contributed by atoms with Gasteiger partial charge in [-0.15, -0.1) is 10.2 Å². The standard InChI is InChI=1S/C13H17N5O2S/c1-7-14-12(20-17-7)11-4-3-9-10(19-11)5-6-18(9)13-16-15-8(2)21-13/h9-11H,3-6H2,1-2H3/t9-,10-,11+/m1/s1. The van der Waals surface area contributed by atoms with Crippen molar-refractivity contribution in [3.63, 3.8) is 0 Å². The van der Waals surface area contributed by atoms with E-state index < -0.39 is 0 Å². The van der Waals surface area contributed by atoms with E-state index >= 15 is 0 Å². The second-order valence-electron chi connectivity index (χ2n) is 5.57. The fourth-order valence-electron chi connectivity index (χ4n) is 3.19. The summed E-state index contributed by atoms with van der Waals surface area (Å²) in [5.74, 6) is 1.27. The number of aryl methyl sites for hydroxylation is 2. The zero-order valence-electron chi connectivity index (χ0n) is 12.0. The summed E-state index contributed by atoms with van der Waals surface area (Å²) in [6.07, 6.45) is 3.10. The topological polar surface area (TPSA) is 77.2 Å². The van der Waals surface area contributed by atoms with Gasteiger partial charge >= 0.3 is 0 Å². The summed E-state index contributed by atoms with van der Waals surface area (Å²) >= 11 is 1.65. The third-order valence-electron chi connectivity index (χ3n) is 4.13. The Kier molecular flexibility index (Phi) is 3.15. The minimum Gasteiger partial charge on any atom is -0.363 e. The molecule has 3 atom stereocenters. The Balaban J connectivity index is 1.49. The minimum absolute atomic E-state index is 0.0662. The van der Waals surface area contributed by atoms with Gasteiger partial charge in [0.25, 0.3) is 5.89 Å². The van der Waals surface area contributed by atoms with Gasteiger partial charge in [-0.2, -0.15) is 4.98 Å². The van der Waals surface area contributed by atoms with E-state index in [-0.39, 0.29) is 12.2 Å². The molecular formula is C13H17N5O2S. The monoisotopic (exact) mass is 307 g/mol. The van der Waals surface area contributed by atoms with Crippen molar-refractivity contribution < 1.29 is 9.26 Å². The van der Waals surface area contributed by atoms with Crippen LogP contribution < -0.4 is 4.90 Å². The van der Waals surface area contributed by atoms with Gasteiger partial charge in [0, 0.05) is 6.54 Å². The molecule has 21 heavy (non-hydrogen) atoms. The van der Waals surface area contributed by atoms with Crippen LogP contribution in [0.25, 0.3) is 0 Å². The molecule has 0 N–H and O–H groups in total. The first kappa shape index (κ1) is 13.1. The fraction of sp³-hybridized carbons (Fsp3) is 0.692. The fourth-order valence-corrected chi connectivity index (χ4v) is 3.96. The SMILES string of the molecule is Cc1noc([C@@H]2CC[C@@H]3[C@@H](CCN3c3nnc(C)s3)O2)n1. The molecule has 0 bridgehead atoms. The molecule has 4 rings (SSSR count). The van der Waals surface area contributed by atoms with Gasteiger partial charge in [-0.3, -0.25) is 0 Å². The largest absolute Gasteiger partial charge is 0.363 e. The highest BCUT2D eigenvalue weighted by atomic mass is 32.1. The lowest BCUT2D eigenvalue weighted by Crippen LogP contribution is -2.40. The minimum atomic E-state index is -0.0662. The van der Waals surface area contributed by atoms with Crippen LogP contribution in [0.5, 0.6) is 0 Å². The van der Waals surface area contributed by atoms with E-state index in [1.165, 1.54) is 0 Å². The number of anilines is 1. The van der Waals surface area contributed by atoms with Gasteiger partial charge in [-0.05, 0) is 33.1 Å². The molecular weight excluding hydrogens is 290 g/mol. The third kappa shape index (κ3) is 2.32. The van der Waals surface area contributed by atoms with Gasteiger partial charge in [0.1, 0.15) is 11.1 Å². The van der Waals surface area contributed by atoms with Crippen LogP contribution in [0.15, 0.2) is 4.52 Å². The van der Waals surface area contributed by atoms with E-state index in [9.17, 15) is 0 Å². The summed E-state index contributed by atoms with van der Waals surface area (Å²) in [5, 5.41) is 14.2. The molecule has 8 heteroatoms. The van der Waals surface area contributed by atoms with E-state index in [2.05, 4.69) is 25.2 Å². The maximum absolute atomic E-state index is 6.19. The number of nitrogens with zero attached hydrogens (tertiary/aromatic N) is 5. The van der Waals surface area contributed by atoms with Crippen LogP contribution in [0.1, 0.15) is 42.1 Å². The zero-order chi connectivity index (χ0) is 14.4. The van der Waals surface area contributed by atoms with Gasteiger partial charge < -0.3 is 14.2 Å². The van der Waals surface area contributed by atoms with E-state index in [4.69, 9.17) is 9.26 Å². The molecule has 4 heterocycles. The predicted molar refractivity (Wildman–Crippen MR) is 76.3 cm³/mol. The van der Waals surface area contributed by atoms with Crippen molar-refractivity contribution in [1.29, 1.82) is 0 Å². The Hall–Kier alpha value is -1.54. The van der Waals surface area contributed by atoms with Crippen LogP contribution in [0.3, 0.4) is 0 Å². The molecule has 0 aromatic carbocycles. The van der Waals surface area contributed by atoms with Crippen molar-refractivity contribution in [3.8, 4) is 0 Å².